The number of benzene rings is 1. The van der Waals surface area contributed by atoms with Crippen molar-refractivity contribution in [2.24, 2.45) is 17.2 Å². The normalized spacial score (nSPS) is 16.0. The van der Waals surface area contributed by atoms with Crippen LogP contribution in [0.2, 0.25) is 0 Å². The Bertz CT molecular complexity index is 362. The van der Waals surface area contributed by atoms with Crippen molar-refractivity contribution in [3.05, 3.63) is 35.4 Å². The summed E-state index contributed by atoms with van der Waals surface area (Å²) in [6, 6.07) is 7.72. The first kappa shape index (κ1) is 14.8. The third kappa shape index (κ3) is 4.96. The lowest BCUT2D eigenvalue weighted by molar-refractivity contribution is -0.108. The summed E-state index contributed by atoms with van der Waals surface area (Å²) in [5.74, 6) is 0. The van der Waals surface area contributed by atoms with Gasteiger partial charge in [0.15, 0.2) is 0 Å². The maximum atomic E-state index is 10.5. The van der Waals surface area contributed by atoms with Crippen LogP contribution < -0.4 is 17.2 Å². The quantitative estimate of drug-likeness (QED) is 0.625. The van der Waals surface area contributed by atoms with E-state index in [0.29, 0.717) is 6.42 Å². The molecule has 0 heterocycles. The molecule has 4 nitrogen and oxygen atoms in total. The molecule has 1 rings (SSSR count). The molecule has 4 heteroatoms. The summed E-state index contributed by atoms with van der Waals surface area (Å²) in [5, 5.41) is 0. The molecule has 0 radical (unpaired) electrons. The van der Waals surface area contributed by atoms with E-state index in [1.165, 1.54) is 0 Å². The molecule has 3 unspecified atom stereocenters. The van der Waals surface area contributed by atoms with Gasteiger partial charge >= 0.3 is 0 Å². The van der Waals surface area contributed by atoms with Crippen LogP contribution in [0.3, 0.4) is 0 Å². The van der Waals surface area contributed by atoms with Gasteiger partial charge in [0.05, 0.1) is 6.04 Å². The van der Waals surface area contributed by atoms with E-state index in [4.69, 9.17) is 17.2 Å². The van der Waals surface area contributed by atoms with Gasteiger partial charge in [-0.3, -0.25) is 0 Å². The van der Waals surface area contributed by atoms with Gasteiger partial charge in [-0.15, -0.1) is 0 Å². The van der Waals surface area contributed by atoms with Gasteiger partial charge in [-0.05, 0) is 37.3 Å². The Morgan fingerprint density at radius 3 is 2.22 bits per heavy atom. The van der Waals surface area contributed by atoms with Crippen molar-refractivity contribution in [2.45, 2.75) is 44.3 Å². The van der Waals surface area contributed by atoms with Gasteiger partial charge in [-0.2, -0.15) is 0 Å². The average molecular weight is 249 g/mol. The van der Waals surface area contributed by atoms with Crippen LogP contribution in [-0.4, -0.2) is 18.4 Å². The lowest BCUT2D eigenvalue weighted by atomic mass is 9.98. The first-order chi connectivity index (χ1) is 8.52. The zero-order valence-electron chi connectivity index (χ0n) is 10.9. The van der Waals surface area contributed by atoms with E-state index >= 15 is 0 Å². The summed E-state index contributed by atoms with van der Waals surface area (Å²) in [6.45, 7) is 1.98. The summed E-state index contributed by atoms with van der Waals surface area (Å²) >= 11 is 0. The van der Waals surface area contributed by atoms with Crippen molar-refractivity contribution in [1.82, 2.24) is 0 Å². The van der Waals surface area contributed by atoms with Crippen LogP contribution in [-0.2, 0) is 11.2 Å². The summed E-state index contributed by atoms with van der Waals surface area (Å²) in [6.07, 6.45) is 3.13. The Morgan fingerprint density at radius 1 is 1.11 bits per heavy atom. The van der Waals surface area contributed by atoms with Gasteiger partial charge in [0.1, 0.15) is 6.29 Å². The zero-order chi connectivity index (χ0) is 13.5. The van der Waals surface area contributed by atoms with Gasteiger partial charge in [-0.25, -0.2) is 0 Å². The molecule has 18 heavy (non-hydrogen) atoms. The summed E-state index contributed by atoms with van der Waals surface area (Å²) in [5.41, 5.74) is 19.5. The van der Waals surface area contributed by atoms with Crippen LogP contribution in [0.4, 0.5) is 0 Å². The van der Waals surface area contributed by atoms with Crippen molar-refractivity contribution < 1.29 is 4.79 Å². The number of hydrogen-bond donors (Lipinski definition) is 3. The predicted molar refractivity (Wildman–Crippen MR) is 74.0 cm³/mol. The lowest BCUT2D eigenvalue weighted by Crippen LogP contribution is -2.24. The monoisotopic (exact) mass is 249 g/mol. The second-order valence-corrected chi connectivity index (χ2v) is 4.91. The van der Waals surface area contributed by atoms with Crippen molar-refractivity contribution >= 4 is 6.29 Å². The second-order valence-electron chi connectivity index (χ2n) is 4.91. The first-order valence-electron chi connectivity index (χ1n) is 6.33. The zero-order valence-corrected chi connectivity index (χ0v) is 10.9. The molecule has 0 aromatic heterocycles. The molecule has 0 aliphatic carbocycles. The molecule has 1 aromatic rings. The lowest BCUT2D eigenvalue weighted by Gasteiger charge is -2.14. The summed E-state index contributed by atoms with van der Waals surface area (Å²) in [7, 11) is 0. The van der Waals surface area contributed by atoms with Crippen LogP contribution in [0, 0.1) is 0 Å². The topological polar surface area (TPSA) is 95.1 Å². The largest absolute Gasteiger partial charge is 0.328 e. The maximum absolute atomic E-state index is 10.5. The predicted octanol–water partition coefficient (Wildman–Crippen LogP) is 0.883. The van der Waals surface area contributed by atoms with Gasteiger partial charge in [0.25, 0.3) is 0 Å². The molecule has 0 saturated carbocycles. The fraction of sp³-hybridized carbons (Fsp3) is 0.500. The minimum absolute atomic E-state index is 0.0183. The Labute approximate surface area is 109 Å². The second kappa shape index (κ2) is 7.26. The first-order valence-corrected chi connectivity index (χ1v) is 6.33. The van der Waals surface area contributed by atoms with Gasteiger partial charge < -0.3 is 22.0 Å². The SMILES string of the molecule is CC(N)CCC(N)c1ccc(CC(N)C=O)cc1. The van der Waals surface area contributed by atoms with E-state index < -0.39 is 6.04 Å². The van der Waals surface area contributed by atoms with Crippen LogP contribution in [0.5, 0.6) is 0 Å². The minimum Gasteiger partial charge on any atom is -0.328 e. The van der Waals surface area contributed by atoms with Gasteiger partial charge in [-0.1, -0.05) is 24.3 Å². The summed E-state index contributed by atoms with van der Waals surface area (Å²) in [4.78, 5) is 10.5. The van der Waals surface area contributed by atoms with Crippen LogP contribution in [0.25, 0.3) is 0 Å². The molecule has 0 aliphatic heterocycles. The molecule has 3 atom stereocenters. The number of hydrogen-bond acceptors (Lipinski definition) is 4. The molecule has 0 spiro atoms. The maximum Gasteiger partial charge on any atom is 0.137 e. The third-order valence-corrected chi connectivity index (χ3v) is 2.99. The fourth-order valence-corrected chi connectivity index (χ4v) is 1.83. The molecule has 0 amide bonds. The fourth-order valence-electron chi connectivity index (χ4n) is 1.83. The molecule has 0 aliphatic rings. The number of carbonyl (C=O) groups excluding carboxylic acids is 1. The van der Waals surface area contributed by atoms with E-state index in [-0.39, 0.29) is 12.1 Å². The van der Waals surface area contributed by atoms with E-state index in [2.05, 4.69) is 0 Å². The molecule has 100 valence electrons. The van der Waals surface area contributed by atoms with E-state index in [1.807, 2.05) is 31.2 Å². The van der Waals surface area contributed by atoms with E-state index in [9.17, 15) is 4.79 Å². The van der Waals surface area contributed by atoms with Crippen LogP contribution in [0.15, 0.2) is 24.3 Å². The third-order valence-electron chi connectivity index (χ3n) is 2.99. The van der Waals surface area contributed by atoms with Crippen molar-refractivity contribution in [1.29, 1.82) is 0 Å². The number of nitrogens with two attached hydrogens (primary N) is 3. The average Bonchev–Trinajstić information content (AvgIpc) is 2.36. The van der Waals surface area contributed by atoms with E-state index in [0.717, 1.165) is 30.3 Å². The smallest absolute Gasteiger partial charge is 0.137 e. The standard InChI is InChI=1S/C14H23N3O/c1-10(15)2-7-14(17)12-5-3-11(4-6-12)8-13(16)9-18/h3-6,9-10,13-14H,2,7-8,15-17H2,1H3. The van der Waals surface area contributed by atoms with Gasteiger partial charge in [0.2, 0.25) is 0 Å². The molecule has 0 fully saturated rings. The molecule has 6 N–H and O–H groups in total. The highest BCUT2D eigenvalue weighted by atomic mass is 16.1. The van der Waals surface area contributed by atoms with Crippen LogP contribution in [0.1, 0.15) is 36.9 Å². The summed E-state index contributed by atoms with van der Waals surface area (Å²) < 4.78 is 0. The number of aldehydes is 1. The Kier molecular flexibility index (Phi) is 5.98. The molecule has 0 bridgehead atoms. The highest BCUT2D eigenvalue weighted by molar-refractivity contribution is 5.57. The van der Waals surface area contributed by atoms with Crippen molar-refractivity contribution in [3.63, 3.8) is 0 Å². The van der Waals surface area contributed by atoms with Crippen molar-refractivity contribution in [2.75, 3.05) is 0 Å². The van der Waals surface area contributed by atoms with Crippen LogP contribution >= 0.6 is 0 Å². The van der Waals surface area contributed by atoms with E-state index in [1.54, 1.807) is 0 Å². The Morgan fingerprint density at radius 2 is 1.72 bits per heavy atom. The highest BCUT2D eigenvalue weighted by Gasteiger charge is 2.08. The molecule has 0 saturated heterocycles. The van der Waals surface area contributed by atoms with Gasteiger partial charge in [0, 0.05) is 12.1 Å². The molecule has 1 aromatic carbocycles. The van der Waals surface area contributed by atoms with Crippen molar-refractivity contribution in [3.8, 4) is 0 Å². The number of carbonyl (C=O) groups is 1. The Balaban J connectivity index is 2.56. The highest BCUT2D eigenvalue weighted by Crippen LogP contribution is 2.17. The molecular formula is C14H23N3O. The number of rotatable bonds is 7. The minimum atomic E-state index is -0.428. The molecular weight excluding hydrogens is 226 g/mol. The Hall–Kier alpha value is -1.23.